The molecule has 11 heteroatoms. The molecule has 0 bridgehead atoms. The minimum atomic E-state index is -0.751. The molecule has 0 aliphatic carbocycles. The van der Waals surface area contributed by atoms with E-state index >= 15 is 0 Å². The van der Waals surface area contributed by atoms with Gasteiger partial charge in [-0.3, -0.25) is 9.78 Å². The number of esters is 1. The van der Waals surface area contributed by atoms with Crippen LogP contribution in [0.2, 0.25) is 0 Å². The third-order valence-corrected chi connectivity index (χ3v) is 4.64. The number of amides is 3. The van der Waals surface area contributed by atoms with Gasteiger partial charge in [0.2, 0.25) is 0 Å². The van der Waals surface area contributed by atoms with Gasteiger partial charge in [0.1, 0.15) is 0 Å². The number of pyridine rings is 1. The van der Waals surface area contributed by atoms with E-state index in [0.717, 1.165) is 5.56 Å². The number of urea groups is 1. The Bertz CT molecular complexity index is 1100. The van der Waals surface area contributed by atoms with E-state index in [0.29, 0.717) is 22.8 Å². The van der Waals surface area contributed by atoms with E-state index in [1.54, 1.807) is 49.6 Å². The van der Waals surface area contributed by atoms with Crippen molar-refractivity contribution in [2.75, 3.05) is 20.8 Å². The average molecular weight is 453 g/mol. The molecule has 0 radical (unpaired) electrons. The van der Waals surface area contributed by atoms with Crippen molar-refractivity contribution in [1.82, 2.24) is 21.0 Å². The number of ether oxygens (including phenoxy) is 3. The van der Waals surface area contributed by atoms with Crippen LogP contribution in [0.1, 0.15) is 24.1 Å². The minimum Gasteiger partial charge on any atom is -0.493 e. The van der Waals surface area contributed by atoms with Crippen molar-refractivity contribution >= 4 is 24.1 Å². The number of allylic oxidation sites excluding steroid dienone is 1. The van der Waals surface area contributed by atoms with Crippen LogP contribution in [0.4, 0.5) is 4.79 Å². The summed E-state index contributed by atoms with van der Waals surface area (Å²) in [7, 11) is 2.70. The summed E-state index contributed by atoms with van der Waals surface area (Å²) in [6.45, 7) is 1.30. The first-order chi connectivity index (χ1) is 15.9. The lowest BCUT2D eigenvalue weighted by atomic mass is 9.95. The van der Waals surface area contributed by atoms with Crippen LogP contribution >= 0.6 is 0 Å². The van der Waals surface area contributed by atoms with Crippen molar-refractivity contribution < 1.29 is 28.6 Å². The molecule has 11 nitrogen and oxygen atoms in total. The molecule has 3 amide bonds. The molecule has 1 aliphatic heterocycles. The van der Waals surface area contributed by atoms with E-state index in [1.807, 2.05) is 0 Å². The molecule has 0 saturated carbocycles. The zero-order valence-electron chi connectivity index (χ0n) is 18.2. The number of nitrogens with zero attached hydrogens (tertiary/aromatic N) is 2. The van der Waals surface area contributed by atoms with Crippen LogP contribution in [0.3, 0.4) is 0 Å². The van der Waals surface area contributed by atoms with E-state index in [2.05, 4.69) is 26.1 Å². The molecule has 1 aromatic heterocycles. The first-order valence-corrected chi connectivity index (χ1v) is 9.82. The van der Waals surface area contributed by atoms with Crippen molar-refractivity contribution in [1.29, 1.82) is 0 Å². The number of rotatable bonds is 8. The highest BCUT2D eigenvalue weighted by molar-refractivity contribution is 5.95. The van der Waals surface area contributed by atoms with Gasteiger partial charge in [0.15, 0.2) is 18.1 Å². The Labute approximate surface area is 189 Å². The highest BCUT2D eigenvalue weighted by Gasteiger charge is 2.32. The van der Waals surface area contributed by atoms with E-state index in [1.165, 1.54) is 20.4 Å². The van der Waals surface area contributed by atoms with Crippen molar-refractivity contribution in [2.24, 2.45) is 5.10 Å². The molecular weight excluding hydrogens is 430 g/mol. The molecule has 2 aromatic rings. The van der Waals surface area contributed by atoms with Gasteiger partial charge in [-0.05, 0) is 30.7 Å². The van der Waals surface area contributed by atoms with Gasteiger partial charge >= 0.3 is 12.0 Å². The Hall–Kier alpha value is -4.41. The Morgan fingerprint density at radius 3 is 2.76 bits per heavy atom. The summed E-state index contributed by atoms with van der Waals surface area (Å²) in [6.07, 6.45) is 4.70. The second kappa shape index (κ2) is 10.8. The van der Waals surface area contributed by atoms with E-state index in [9.17, 15) is 14.4 Å². The number of hydrogen-bond donors (Lipinski definition) is 3. The number of nitrogens with one attached hydrogen (secondary N) is 3. The van der Waals surface area contributed by atoms with Gasteiger partial charge in [0.25, 0.3) is 5.91 Å². The van der Waals surface area contributed by atoms with E-state index in [-0.39, 0.29) is 12.2 Å². The van der Waals surface area contributed by atoms with E-state index in [4.69, 9.17) is 14.2 Å². The predicted molar refractivity (Wildman–Crippen MR) is 118 cm³/mol. The number of carbonyl (C=O) groups is 3. The lowest BCUT2D eigenvalue weighted by Gasteiger charge is -2.28. The predicted octanol–water partition coefficient (Wildman–Crippen LogP) is 1.42. The number of methoxy groups -OCH3 is 2. The van der Waals surface area contributed by atoms with Crippen molar-refractivity contribution in [3.05, 3.63) is 65.1 Å². The zero-order valence-corrected chi connectivity index (χ0v) is 18.2. The number of hydrazone groups is 1. The van der Waals surface area contributed by atoms with Gasteiger partial charge in [0.05, 0.1) is 32.0 Å². The second-order valence-corrected chi connectivity index (χ2v) is 6.84. The summed E-state index contributed by atoms with van der Waals surface area (Å²) < 4.78 is 15.8. The summed E-state index contributed by atoms with van der Waals surface area (Å²) in [5, 5.41) is 9.10. The Kier molecular flexibility index (Phi) is 7.58. The molecule has 3 N–H and O–H groups in total. The van der Waals surface area contributed by atoms with Gasteiger partial charge in [-0.15, -0.1) is 0 Å². The van der Waals surface area contributed by atoms with Crippen LogP contribution in [0.25, 0.3) is 0 Å². The molecule has 0 fully saturated rings. The van der Waals surface area contributed by atoms with Crippen LogP contribution in [-0.2, 0) is 14.3 Å². The molecule has 0 unspecified atom stereocenters. The molecular formula is C22H23N5O6. The van der Waals surface area contributed by atoms with Crippen molar-refractivity contribution in [2.45, 2.75) is 13.0 Å². The summed E-state index contributed by atoms with van der Waals surface area (Å²) in [6, 6.07) is 7.19. The highest BCUT2D eigenvalue weighted by Crippen LogP contribution is 2.34. The molecule has 1 aliphatic rings. The smallest absolute Gasteiger partial charge is 0.337 e. The summed E-state index contributed by atoms with van der Waals surface area (Å²) >= 11 is 0. The Balaban J connectivity index is 1.70. The summed E-state index contributed by atoms with van der Waals surface area (Å²) in [4.78, 5) is 40.2. The summed E-state index contributed by atoms with van der Waals surface area (Å²) in [5.74, 6) is -0.437. The third-order valence-electron chi connectivity index (χ3n) is 4.64. The van der Waals surface area contributed by atoms with Gasteiger partial charge in [-0.2, -0.15) is 5.10 Å². The van der Waals surface area contributed by atoms with Crippen LogP contribution in [0.5, 0.6) is 11.5 Å². The minimum absolute atomic E-state index is 0.263. The van der Waals surface area contributed by atoms with Gasteiger partial charge in [-0.1, -0.05) is 12.1 Å². The van der Waals surface area contributed by atoms with Crippen molar-refractivity contribution in [3.63, 3.8) is 0 Å². The van der Waals surface area contributed by atoms with Gasteiger partial charge in [0, 0.05) is 23.7 Å². The average Bonchev–Trinajstić information content (AvgIpc) is 2.82. The normalized spacial score (nSPS) is 15.5. The number of benzene rings is 1. The molecule has 172 valence electrons. The number of carbonyl (C=O) groups excluding carboxylic acids is 3. The molecule has 0 saturated heterocycles. The van der Waals surface area contributed by atoms with Gasteiger partial charge in [-0.25, -0.2) is 15.0 Å². The zero-order chi connectivity index (χ0) is 23.8. The maximum absolute atomic E-state index is 12.3. The quantitative estimate of drug-likeness (QED) is 0.312. The maximum atomic E-state index is 12.3. The second-order valence-electron chi connectivity index (χ2n) is 6.84. The number of hydrogen-bond acceptors (Lipinski definition) is 8. The first kappa shape index (κ1) is 23.3. The molecule has 33 heavy (non-hydrogen) atoms. The SMILES string of the molecule is COC(=O)C1=C(C)NC(=O)N[C@H]1c1ccc(OCC(=O)N/N=C\c2cccnc2)c(OC)c1. The molecule has 3 rings (SSSR count). The lowest BCUT2D eigenvalue weighted by molar-refractivity contribution is -0.136. The lowest BCUT2D eigenvalue weighted by Crippen LogP contribution is -2.45. The molecule has 2 heterocycles. The Morgan fingerprint density at radius 1 is 1.24 bits per heavy atom. The summed E-state index contributed by atoms with van der Waals surface area (Å²) in [5.41, 5.74) is 4.31. The fourth-order valence-corrected chi connectivity index (χ4v) is 3.11. The fourth-order valence-electron chi connectivity index (χ4n) is 3.11. The third kappa shape index (κ3) is 5.85. The maximum Gasteiger partial charge on any atom is 0.337 e. The molecule has 1 atom stereocenters. The first-order valence-electron chi connectivity index (χ1n) is 9.82. The molecule has 0 spiro atoms. The molecule has 1 aromatic carbocycles. The van der Waals surface area contributed by atoms with E-state index < -0.39 is 23.9 Å². The monoisotopic (exact) mass is 453 g/mol. The van der Waals surface area contributed by atoms with Crippen molar-refractivity contribution in [3.8, 4) is 11.5 Å². The van der Waals surface area contributed by atoms with Crippen LogP contribution in [0.15, 0.2) is 59.1 Å². The topological polar surface area (TPSA) is 140 Å². The Morgan fingerprint density at radius 2 is 2.06 bits per heavy atom. The largest absolute Gasteiger partial charge is 0.493 e. The van der Waals surface area contributed by atoms with Gasteiger partial charge < -0.3 is 24.8 Å². The standard InChI is InChI=1S/C22H23N5O6/c1-13-19(21(29)32-3)20(26-22(30)25-13)15-6-7-16(17(9-15)31-2)33-12-18(28)27-24-11-14-5-4-8-23-10-14/h4-11,20H,12H2,1-3H3,(H,27,28)(H2,25,26,30)/b24-11-/t20-/m0/s1. The van der Waals surface area contributed by atoms with Crippen LogP contribution in [0, 0.1) is 0 Å². The number of aromatic nitrogens is 1. The van der Waals surface area contributed by atoms with Crippen LogP contribution in [-0.4, -0.2) is 49.9 Å². The highest BCUT2D eigenvalue weighted by atomic mass is 16.5. The fraction of sp³-hybridized carbons (Fsp3) is 0.227. The van der Waals surface area contributed by atoms with Crippen LogP contribution < -0.4 is 25.5 Å².